The molecule has 2 rings (SSSR count). The van der Waals surface area contributed by atoms with Crippen LogP contribution in [-0.2, 0) is 20.5 Å². The Balaban J connectivity index is 2.00. The molecule has 0 unspecified atom stereocenters. The number of para-hydroxylation sites is 1. The minimum Gasteiger partial charge on any atom is -0.490 e. The molecule has 2 aromatic carbocycles. The number of anilines is 1. The molecular weight excluding hydrogens is 392 g/mol. The van der Waals surface area contributed by atoms with Gasteiger partial charge in [0.15, 0.2) is 0 Å². The van der Waals surface area contributed by atoms with Gasteiger partial charge in [0.1, 0.15) is 12.4 Å². The van der Waals surface area contributed by atoms with Crippen LogP contribution in [0.15, 0.2) is 61.2 Å². The van der Waals surface area contributed by atoms with Crippen molar-refractivity contribution in [2.75, 3.05) is 31.7 Å². The number of carbonyl (C=O) groups is 1. The fourth-order valence-corrected chi connectivity index (χ4v) is 3.58. The summed E-state index contributed by atoms with van der Waals surface area (Å²) < 4.78 is 37.1. The van der Waals surface area contributed by atoms with E-state index in [1.807, 2.05) is 6.92 Å². The quantitative estimate of drug-likeness (QED) is 0.408. The summed E-state index contributed by atoms with van der Waals surface area (Å²) in [4.78, 5) is 12.6. The van der Waals surface area contributed by atoms with Crippen molar-refractivity contribution in [1.82, 2.24) is 4.72 Å². The van der Waals surface area contributed by atoms with E-state index < -0.39 is 10.0 Å². The summed E-state index contributed by atoms with van der Waals surface area (Å²) in [6, 6.07) is 13.6. The standard InChI is InChI=1S/C21H26N2O5S/c1-3-13-22-29(25,26)16-17-9-11-18(12-10-17)23-21(24)19-7-5-6-8-20(19)28-15-14-27-4-2/h3,5-12,22H,1,4,13-16H2,2H3,(H,23,24). The lowest BCUT2D eigenvalue weighted by Gasteiger charge is -2.12. The molecule has 156 valence electrons. The Kier molecular flexibility index (Phi) is 8.85. The van der Waals surface area contributed by atoms with Gasteiger partial charge in [-0.2, -0.15) is 0 Å². The second-order valence-electron chi connectivity index (χ2n) is 6.09. The second-order valence-corrected chi connectivity index (χ2v) is 7.90. The summed E-state index contributed by atoms with van der Waals surface area (Å²) in [6.07, 6.45) is 1.48. The monoisotopic (exact) mass is 418 g/mol. The van der Waals surface area contributed by atoms with Crippen molar-refractivity contribution >= 4 is 21.6 Å². The van der Waals surface area contributed by atoms with Gasteiger partial charge in [0, 0.05) is 18.8 Å². The van der Waals surface area contributed by atoms with Gasteiger partial charge in [-0.15, -0.1) is 6.58 Å². The Morgan fingerprint density at radius 2 is 1.83 bits per heavy atom. The maximum absolute atomic E-state index is 12.6. The number of rotatable bonds is 12. The molecule has 2 N–H and O–H groups in total. The van der Waals surface area contributed by atoms with Gasteiger partial charge in [-0.05, 0) is 36.8 Å². The molecule has 1 amide bonds. The molecule has 29 heavy (non-hydrogen) atoms. The SMILES string of the molecule is C=CCNS(=O)(=O)Cc1ccc(NC(=O)c2ccccc2OCCOCC)cc1. The van der Waals surface area contributed by atoms with Gasteiger partial charge in [0.25, 0.3) is 5.91 Å². The van der Waals surface area contributed by atoms with Crippen LogP contribution in [0.25, 0.3) is 0 Å². The number of benzene rings is 2. The summed E-state index contributed by atoms with van der Waals surface area (Å²) in [5, 5.41) is 2.80. The molecule has 0 radical (unpaired) electrons. The third kappa shape index (κ3) is 7.69. The van der Waals surface area contributed by atoms with E-state index in [9.17, 15) is 13.2 Å². The first-order valence-corrected chi connectivity index (χ1v) is 10.9. The lowest BCUT2D eigenvalue weighted by atomic mass is 10.1. The van der Waals surface area contributed by atoms with Crippen molar-refractivity contribution in [2.24, 2.45) is 0 Å². The fourth-order valence-electron chi connectivity index (χ4n) is 2.47. The molecule has 0 atom stereocenters. The maximum atomic E-state index is 12.6. The zero-order valence-electron chi connectivity index (χ0n) is 16.4. The van der Waals surface area contributed by atoms with E-state index in [1.54, 1.807) is 48.5 Å². The van der Waals surface area contributed by atoms with Crippen molar-refractivity contribution in [1.29, 1.82) is 0 Å². The van der Waals surface area contributed by atoms with Gasteiger partial charge < -0.3 is 14.8 Å². The number of nitrogens with one attached hydrogen (secondary N) is 2. The van der Waals surface area contributed by atoms with Crippen LogP contribution >= 0.6 is 0 Å². The van der Waals surface area contributed by atoms with Crippen molar-refractivity contribution in [3.63, 3.8) is 0 Å². The number of hydrogen-bond acceptors (Lipinski definition) is 5. The molecule has 8 heteroatoms. The summed E-state index contributed by atoms with van der Waals surface area (Å²) in [7, 11) is -3.43. The summed E-state index contributed by atoms with van der Waals surface area (Å²) in [5.74, 6) is 0.0108. The molecule has 0 aromatic heterocycles. The summed E-state index contributed by atoms with van der Waals surface area (Å²) in [6.45, 7) is 6.96. The molecule has 0 aliphatic carbocycles. The Labute approximate surface area is 171 Å². The van der Waals surface area contributed by atoms with E-state index in [0.717, 1.165) is 0 Å². The highest BCUT2D eigenvalue weighted by atomic mass is 32.2. The highest BCUT2D eigenvalue weighted by Crippen LogP contribution is 2.20. The van der Waals surface area contributed by atoms with E-state index in [0.29, 0.717) is 42.4 Å². The lowest BCUT2D eigenvalue weighted by molar-refractivity contribution is 0.0998. The summed E-state index contributed by atoms with van der Waals surface area (Å²) >= 11 is 0. The van der Waals surface area contributed by atoms with Gasteiger partial charge in [0.2, 0.25) is 10.0 Å². The molecule has 0 saturated carbocycles. The van der Waals surface area contributed by atoms with E-state index in [2.05, 4.69) is 16.6 Å². The molecule has 0 heterocycles. The summed E-state index contributed by atoms with van der Waals surface area (Å²) in [5.41, 5.74) is 1.57. The highest BCUT2D eigenvalue weighted by molar-refractivity contribution is 7.88. The van der Waals surface area contributed by atoms with Crippen LogP contribution in [0.4, 0.5) is 5.69 Å². The molecule has 0 spiro atoms. The van der Waals surface area contributed by atoms with E-state index >= 15 is 0 Å². The van der Waals surface area contributed by atoms with Crippen LogP contribution in [0.5, 0.6) is 5.75 Å². The minimum atomic E-state index is -3.43. The average Bonchev–Trinajstić information content (AvgIpc) is 2.71. The zero-order valence-corrected chi connectivity index (χ0v) is 17.2. The molecule has 0 saturated heterocycles. The van der Waals surface area contributed by atoms with E-state index in [-0.39, 0.29) is 18.2 Å². The minimum absolute atomic E-state index is 0.147. The van der Waals surface area contributed by atoms with Crippen LogP contribution in [0, 0.1) is 0 Å². The van der Waals surface area contributed by atoms with Gasteiger partial charge in [0.05, 0.1) is 17.9 Å². The highest BCUT2D eigenvalue weighted by Gasteiger charge is 2.13. The Hall–Kier alpha value is -2.68. The fraction of sp³-hybridized carbons (Fsp3) is 0.286. The first-order valence-electron chi connectivity index (χ1n) is 9.23. The molecule has 0 aliphatic rings. The smallest absolute Gasteiger partial charge is 0.259 e. The molecular formula is C21H26N2O5S. The maximum Gasteiger partial charge on any atom is 0.259 e. The van der Waals surface area contributed by atoms with Crippen LogP contribution in [0.1, 0.15) is 22.8 Å². The third-order valence-corrected chi connectivity index (χ3v) is 5.16. The van der Waals surface area contributed by atoms with Crippen LogP contribution in [0.3, 0.4) is 0 Å². The molecule has 0 fully saturated rings. The number of amides is 1. The lowest BCUT2D eigenvalue weighted by Crippen LogP contribution is -2.25. The van der Waals surface area contributed by atoms with Crippen LogP contribution in [-0.4, -0.2) is 40.7 Å². The van der Waals surface area contributed by atoms with Gasteiger partial charge >= 0.3 is 0 Å². The van der Waals surface area contributed by atoms with E-state index in [4.69, 9.17) is 9.47 Å². The number of hydrogen-bond donors (Lipinski definition) is 2. The second kappa shape index (κ2) is 11.4. The Bertz CT molecular complexity index is 911. The predicted molar refractivity (Wildman–Crippen MR) is 114 cm³/mol. The first kappa shape index (κ1) is 22.6. The third-order valence-electron chi connectivity index (χ3n) is 3.84. The Morgan fingerprint density at radius 1 is 1.10 bits per heavy atom. The Morgan fingerprint density at radius 3 is 2.52 bits per heavy atom. The number of ether oxygens (including phenoxy) is 2. The molecule has 2 aromatic rings. The van der Waals surface area contributed by atoms with Crippen molar-refractivity contribution < 1.29 is 22.7 Å². The molecule has 7 nitrogen and oxygen atoms in total. The topological polar surface area (TPSA) is 93.7 Å². The van der Waals surface area contributed by atoms with Crippen molar-refractivity contribution in [3.05, 3.63) is 72.3 Å². The van der Waals surface area contributed by atoms with Gasteiger partial charge in [-0.3, -0.25) is 4.79 Å². The van der Waals surface area contributed by atoms with Gasteiger partial charge in [-0.1, -0.05) is 30.3 Å². The normalized spacial score (nSPS) is 11.1. The van der Waals surface area contributed by atoms with Crippen molar-refractivity contribution in [2.45, 2.75) is 12.7 Å². The first-order chi connectivity index (χ1) is 13.9. The number of carbonyl (C=O) groups excluding carboxylic acids is 1. The average molecular weight is 419 g/mol. The van der Waals surface area contributed by atoms with Crippen molar-refractivity contribution in [3.8, 4) is 5.75 Å². The van der Waals surface area contributed by atoms with E-state index in [1.165, 1.54) is 6.08 Å². The van der Waals surface area contributed by atoms with Crippen LogP contribution < -0.4 is 14.8 Å². The van der Waals surface area contributed by atoms with Gasteiger partial charge in [-0.25, -0.2) is 13.1 Å². The molecule has 0 aliphatic heterocycles. The zero-order chi connectivity index (χ0) is 21.1. The molecule has 0 bridgehead atoms. The number of sulfonamides is 1. The predicted octanol–water partition coefficient (Wildman–Crippen LogP) is 2.96. The largest absolute Gasteiger partial charge is 0.490 e. The van der Waals surface area contributed by atoms with Crippen LogP contribution in [0.2, 0.25) is 0 Å².